The number of halogens is 7. The lowest BCUT2D eigenvalue weighted by Crippen LogP contribution is -2.60. The SMILES string of the molecule is COc1cc(C=C[C@H]2C3=CC[C@@H]4C(=O)N(N(C)c5nc(C(F)(F)F)ccc5Cl)C(=O)[C@@H]4[C@@H]3C[C@@]3(Cl)C(=O)N(c4ccc(F)cc4)C(=O)[C@@]23Cl)cc(OC)c1O. The lowest BCUT2D eigenvalue weighted by molar-refractivity contribution is -0.141. The zero-order valence-electron chi connectivity index (χ0n) is 28.9. The van der Waals surface area contributed by atoms with Crippen molar-refractivity contribution in [1.29, 1.82) is 0 Å². The molecule has 2 saturated heterocycles. The normalized spacial score (nSPS) is 27.6. The molecule has 18 heteroatoms. The van der Waals surface area contributed by atoms with Crippen LogP contribution in [0, 0.1) is 29.5 Å². The van der Waals surface area contributed by atoms with E-state index in [4.69, 9.17) is 44.3 Å². The minimum absolute atomic E-state index is 0.0122. The number of aromatic hydroxyl groups is 1. The highest BCUT2D eigenvalue weighted by atomic mass is 35.5. The van der Waals surface area contributed by atoms with Crippen LogP contribution in [0.3, 0.4) is 0 Å². The number of alkyl halides is 5. The van der Waals surface area contributed by atoms with Crippen LogP contribution in [0.15, 0.2) is 66.3 Å². The summed E-state index contributed by atoms with van der Waals surface area (Å²) in [6, 6.07) is 9.09. The first kappa shape index (κ1) is 38.4. The van der Waals surface area contributed by atoms with Gasteiger partial charge in [-0.05, 0) is 72.9 Å². The zero-order chi connectivity index (χ0) is 39.9. The molecule has 288 valence electrons. The minimum Gasteiger partial charge on any atom is -0.502 e. The molecule has 6 atom stereocenters. The lowest BCUT2D eigenvalue weighted by Gasteiger charge is -2.49. The number of aromatic nitrogens is 1. The van der Waals surface area contributed by atoms with Gasteiger partial charge in [0.15, 0.2) is 27.1 Å². The van der Waals surface area contributed by atoms with Gasteiger partial charge in [-0.3, -0.25) is 24.2 Å². The maximum atomic E-state index is 14.5. The number of anilines is 2. The number of hydrazine groups is 1. The van der Waals surface area contributed by atoms with Crippen LogP contribution in [0.2, 0.25) is 5.02 Å². The van der Waals surface area contributed by atoms with Crippen molar-refractivity contribution >= 4 is 76.0 Å². The van der Waals surface area contributed by atoms with Crippen LogP contribution in [0.4, 0.5) is 29.1 Å². The second-order valence-corrected chi connectivity index (χ2v) is 15.1. The fraction of sp³-hybridized carbons (Fsp3) is 0.324. The number of hydrogen-bond acceptors (Lipinski definition) is 9. The molecule has 1 aromatic heterocycles. The topological polar surface area (TPSA) is 130 Å². The number of benzene rings is 2. The molecular formula is C37H29Cl3F4N4O7. The number of hydrogen-bond donors (Lipinski definition) is 1. The third kappa shape index (κ3) is 5.72. The highest BCUT2D eigenvalue weighted by molar-refractivity contribution is 6.58. The van der Waals surface area contributed by atoms with Crippen molar-refractivity contribution in [2.24, 2.45) is 23.7 Å². The summed E-state index contributed by atoms with van der Waals surface area (Å²) in [7, 11) is 3.84. The van der Waals surface area contributed by atoms with Crippen LogP contribution in [-0.2, 0) is 25.4 Å². The fourth-order valence-corrected chi connectivity index (χ4v) is 9.17. The van der Waals surface area contributed by atoms with Crippen LogP contribution in [0.1, 0.15) is 24.1 Å². The molecule has 55 heavy (non-hydrogen) atoms. The molecule has 3 heterocycles. The van der Waals surface area contributed by atoms with Crippen molar-refractivity contribution in [1.82, 2.24) is 9.99 Å². The van der Waals surface area contributed by atoms with E-state index in [0.29, 0.717) is 22.2 Å². The van der Waals surface area contributed by atoms with E-state index < -0.39 is 87.0 Å². The first-order valence-corrected chi connectivity index (χ1v) is 17.7. The average molecular weight is 824 g/mol. The Labute approximate surface area is 325 Å². The maximum absolute atomic E-state index is 14.5. The molecular weight excluding hydrogens is 795 g/mol. The number of ether oxygens (including phenoxy) is 2. The van der Waals surface area contributed by atoms with E-state index in [2.05, 4.69) is 4.98 Å². The van der Waals surface area contributed by atoms with Gasteiger partial charge in [-0.15, -0.1) is 23.2 Å². The molecule has 2 aliphatic carbocycles. The van der Waals surface area contributed by atoms with Gasteiger partial charge in [0.1, 0.15) is 11.5 Å². The van der Waals surface area contributed by atoms with Crippen molar-refractivity contribution in [2.75, 3.05) is 31.2 Å². The van der Waals surface area contributed by atoms with Gasteiger partial charge in [0, 0.05) is 13.0 Å². The third-order valence-corrected chi connectivity index (χ3v) is 12.4. The molecule has 3 aromatic rings. The first-order chi connectivity index (χ1) is 25.9. The van der Waals surface area contributed by atoms with Crippen LogP contribution in [0.25, 0.3) is 6.08 Å². The lowest BCUT2D eigenvalue weighted by atomic mass is 9.57. The molecule has 0 spiro atoms. The van der Waals surface area contributed by atoms with Gasteiger partial charge >= 0.3 is 6.18 Å². The van der Waals surface area contributed by atoms with Crippen molar-refractivity contribution in [2.45, 2.75) is 28.8 Å². The second-order valence-electron chi connectivity index (χ2n) is 13.4. The van der Waals surface area contributed by atoms with Gasteiger partial charge in [0.25, 0.3) is 23.6 Å². The molecule has 7 rings (SSSR count). The van der Waals surface area contributed by atoms with Crippen LogP contribution >= 0.6 is 34.8 Å². The standard InChI is InChI=1S/C37H29Cl3F4N4O7/c1-46(30-24(38)12-13-27(45-30)37(42,43)44)48-31(50)21-10-9-20-22(28(21)32(48)51)16-35(39)33(52)47(19-7-5-18(41)6-8-19)34(53)36(35,40)23(20)11-4-17-14-25(54-2)29(49)26(15-17)55-3/h4-9,11-15,21-23,28,49H,10,16H2,1-3H3/t21-,22+,23-,28-,35+,36-/m0/s1. The third-order valence-electron chi connectivity index (χ3n) is 10.6. The molecule has 11 nitrogen and oxygen atoms in total. The van der Waals surface area contributed by atoms with Gasteiger partial charge in [0.05, 0.1) is 36.8 Å². The predicted molar refractivity (Wildman–Crippen MR) is 192 cm³/mol. The zero-order valence-corrected chi connectivity index (χ0v) is 31.2. The van der Waals surface area contributed by atoms with Crippen molar-refractivity contribution in [3.63, 3.8) is 0 Å². The Hall–Kier alpha value is -4.86. The van der Waals surface area contributed by atoms with Gasteiger partial charge in [-0.1, -0.05) is 35.4 Å². The van der Waals surface area contributed by atoms with Crippen molar-refractivity contribution in [3.8, 4) is 17.2 Å². The van der Waals surface area contributed by atoms with E-state index in [1.54, 1.807) is 6.08 Å². The molecule has 4 aliphatic rings. The summed E-state index contributed by atoms with van der Waals surface area (Å²) in [6.07, 6.45) is -0.605. The van der Waals surface area contributed by atoms with Gasteiger partial charge in [0.2, 0.25) is 5.75 Å². The summed E-state index contributed by atoms with van der Waals surface area (Å²) in [4.78, 5) is 57.2. The largest absolute Gasteiger partial charge is 0.502 e. The number of rotatable bonds is 7. The highest BCUT2D eigenvalue weighted by Gasteiger charge is 2.76. The Balaban J connectivity index is 1.34. The summed E-state index contributed by atoms with van der Waals surface area (Å²) in [5.74, 6) is -9.22. The van der Waals surface area contributed by atoms with E-state index in [-0.39, 0.29) is 34.4 Å². The van der Waals surface area contributed by atoms with Gasteiger partial charge < -0.3 is 14.6 Å². The van der Waals surface area contributed by atoms with Crippen molar-refractivity contribution in [3.05, 3.63) is 88.4 Å². The summed E-state index contributed by atoms with van der Waals surface area (Å²) < 4.78 is 65.3. The Morgan fingerprint density at radius 1 is 0.964 bits per heavy atom. The smallest absolute Gasteiger partial charge is 0.433 e. The van der Waals surface area contributed by atoms with E-state index in [0.717, 1.165) is 28.1 Å². The Morgan fingerprint density at radius 2 is 1.60 bits per heavy atom. The number of nitrogens with zero attached hydrogens (tertiary/aromatic N) is 4. The highest BCUT2D eigenvalue weighted by Crippen LogP contribution is 2.63. The van der Waals surface area contributed by atoms with Crippen LogP contribution in [0.5, 0.6) is 17.2 Å². The number of pyridine rings is 1. The minimum atomic E-state index is -4.86. The van der Waals surface area contributed by atoms with Gasteiger partial charge in [-0.25, -0.2) is 14.3 Å². The first-order valence-electron chi connectivity index (χ1n) is 16.6. The molecule has 0 bridgehead atoms. The summed E-state index contributed by atoms with van der Waals surface area (Å²) in [5, 5.41) is 11.7. The van der Waals surface area contributed by atoms with Gasteiger partial charge in [-0.2, -0.15) is 18.2 Å². The molecule has 0 unspecified atom stereocenters. The Bertz CT molecular complexity index is 2200. The number of phenols is 1. The number of carbonyl (C=O) groups is 4. The van der Waals surface area contributed by atoms with E-state index in [9.17, 15) is 41.8 Å². The summed E-state index contributed by atoms with van der Waals surface area (Å²) in [5.41, 5.74) is -0.505. The number of imide groups is 2. The molecule has 2 aliphatic heterocycles. The Morgan fingerprint density at radius 3 is 2.20 bits per heavy atom. The van der Waals surface area contributed by atoms with E-state index in [1.165, 1.54) is 57.7 Å². The Kier molecular flexibility index (Phi) is 9.37. The molecule has 3 fully saturated rings. The number of amides is 4. The molecule has 1 N–H and O–H groups in total. The molecule has 0 radical (unpaired) electrons. The maximum Gasteiger partial charge on any atom is 0.433 e. The average Bonchev–Trinajstić information content (AvgIpc) is 3.48. The number of carbonyl (C=O) groups excluding carboxylic acids is 4. The number of allylic oxidation sites excluding steroid dienone is 3. The fourth-order valence-electron chi connectivity index (χ4n) is 8.05. The van der Waals surface area contributed by atoms with Crippen molar-refractivity contribution < 1.29 is 51.3 Å². The number of phenolic OH excluding ortho intramolecular Hbond substituents is 1. The van der Waals surface area contributed by atoms with E-state index in [1.807, 2.05) is 0 Å². The van der Waals surface area contributed by atoms with Crippen LogP contribution < -0.4 is 19.4 Å². The second kappa shape index (κ2) is 13.4. The molecule has 2 aromatic carbocycles. The molecule has 1 saturated carbocycles. The quantitative estimate of drug-likeness (QED) is 0.119. The van der Waals surface area contributed by atoms with E-state index >= 15 is 0 Å². The number of methoxy groups -OCH3 is 2. The summed E-state index contributed by atoms with van der Waals surface area (Å²) in [6.45, 7) is 0. The summed E-state index contributed by atoms with van der Waals surface area (Å²) >= 11 is 20.9. The van der Waals surface area contributed by atoms with Crippen LogP contribution in [-0.4, -0.2) is 69.7 Å². The number of fused-ring (bicyclic) bond motifs is 4. The molecule has 4 amide bonds. The monoisotopic (exact) mass is 822 g/mol. The predicted octanol–water partition coefficient (Wildman–Crippen LogP) is 6.78.